The van der Waals surface area contributed by atoms with Crippen LogP contribution in [0.25, 0.3) is 11.0 Å². The smallest absolute Gasteiger partial charge is 0.290 e. The first-order chi connectivity index (χ1) is 14.4. The minimum atomic E-state index is -0.551. The van der Waals surface area contributed by atoms with Crippen LogP contribution in [-0.2, 0) is 4.74 Å². The number of carbonyl (C=O) groups excluding carboxylic acids is 1. The van der Waals surface area contributed by atoms with E-state index in [1.165, 1.54) is 0 Å². The average molecular weight is 491 g/mol. The van der Waals surface area contributed by atoms with E-state index in [4.69, 9.17) is 20.8 Å². The van der Waals surface area contributed by atoms with Crippen LogP contribution >= 0.6 is 27.5 Å². The Morgan fingerprint density at radius 2 is 2.00 bits per heavy atom. The Bertz CT molecular complexity index is 1170. The maximum absolute atomic E-state index is 13.4. The van der Waals surface area contributed by atoms with Crippen LogP contribution in [0.5, 0.6) is 0 Å². The second-order valence-electron chi connectivity index (χ2n) is 7.54. The molecule has 2 aromatic carbocycles. The zero-order chi connectivity index (χ0) is 21.4. The molecule has 0 unspecified atom stereocenters. The van der Waals surface area contributed by atoms with Gasteiger partial charge in [-0.2, -0.15) is 0 Å². The van der Waals surface area contributed by atoms with Gasteiger partial charge in [-0.25, -0.2) is 0 Å². The van der Waals surface area contributed by atoms with Gasteiger partial charge in [0.15, 0.2) is 5.43 Å². The highest BCUT2D eigenvalue weighted by Gasteiger charge is 2.42. The summed E-state index contributed by atoms with van der Waals surface area (Å²) in [5, 5.41) is 0.984. The number of carbonyl (C=O) groups is 1. The van der Waals surface area contributed by atoms with Crippen LogP contribution in [0.3, 0.4) is 0 Å². The Hall–Kier alpha value is -2.15. The minimum Gasteiger partial charge on any atom is -0.450 e. The van der Waals surface area contributed by atoms with Crippen molar-refractivity contribution in [3.05, 3.63) is 79.1 Å². The van der Waals surface area contributed by atoms with E-state index in [0.29, 0.717) is 41.1 Å². The van der Waals surface area contributed by atoms with Crippen molar-refractivity contribution in [2.75, 3.05) is 13.2 Å². The SMILES string of the molecule is CC(C)OCCCN1C(=O)c2oc3ccc(Br)cc3c(=O)c2[C@H]1c1cccc(Cl)c1. The van der Waals surface area contributed by atoms with E-state index in [-0.39, 0.29) is 23.2 Å². The molecule has 4 rings (SSSR count). The molecule has 0 aliphatic carbocycles. The van der Waals surface area contributed by atoms with E-state index >= 15 is 0 Å². The van der Waals surface area contributed by atoms with Crippen molar-refractivity contribution in [2.24, 2.45) is 0 Å². The van der Waals surface area contributed by atoms with Crippen molar-refractivity contribution < 1.29 is 13.9 Å². The number of nitrogens with zero attached hydrogens (tertiary/aromatic N) is 1. The molecular formula is C23H21BrClNO4. The molecule has 156 valence electrons. The van der Waals surface area contributed by atoms with Gasteiger partial charge in [0.25, 0.3) is 5.91 Å². The Kier molecular flexibility index (Phi) is 6.00. The van der Waals surface area contributed by atoms with Crippen LogP contribution < -0.4 is 5.43 Å². The van der Waals surface area contributed by atoms with Gasteiger partial charge in [-0.05, 0) is 56.2 Å². The molecule has 1 atom stereocenters. The van der Waals surface area contributed by atoms with Crippen molar-refractivity contribution in [3.63, 3.8) is 0 Å². The summed E-state index contributed by atoms with van der Waals surface area (Å²) in [6.45, 7) is 4.90. The molecule has 3 aromatic rings. The molecule has 1 aliphatic rings. The van der Waals surface area contributed by atoms with Crippen molar-refractivity contribution in [3.8, 4) is 0 Å². The lowest BCUT2D eigenvalue weighted by Crippen LogP contribution is -2.31. The fourth-order valence-corrected chi connectivity index (χ4v) is 4.36. The normalized spacial score (nSPS) is 16.0. The molecule has 0 bridgehead atoms. The van der Waals surface area contributed by atoms with Crippen molar-refractivity contribution in [1.82, 2.24) is 4.90 Å². The van der Waals surface area contributed by atoms with Gasteiger partial charge in [0.1, 0.15) is 5.58 Å². The second-order valence-corrected chi connectivity index (χ2v) is 8.90. The quantitative estimate of drug-likeness (QED) is 0.424. The molecule has 7 heteroatoms. The van der Waals surface area contributed by atoms with E-state index in [0.717, 1.165) is 10.0 Å². The molecule has 0 spiro atoms. The Labute approximate surface area is 187 Å². The molecule has 0 radical (unpaired) electrons. The highest BCUT2D eigenvalue weighted by atomic mass is 79.9. The molecule has 1 aliphatic heterocycles. The van der Waals surface area contributed by atoms with Crippen LogP contribution in [-0.4, -0.2) is 30.1 Å². The number of hydrogen-bond acceptors (Lipinski definition) is 4. The van der Waals surface area contributed by atoms with Gasteiger partial charge >= 0.3 is 0 Å². The predicted octanol–water partition coefficient (Wildman–Crippen LogP) is 5.57. The van der Waals surface area contributed by atoms with Crippen LogP contribution in [0, 0.1) is 0 Å². The van der Waals surface area contributed by atoms with Crippen LogP contribution in [0.1, 0.15) is 48.0 Å². The third-order valence-corrected chi connectivity index (χ3v) is 5.82. The lowest BCUT2D eigenvalue weighted by atomic mass is 9.98. The number of fused-ring (bicyclic) bond motifs is 2. The standard InChI is InChI=1S/C23H21BrClNO4/c1-13(2)29-10-4-9-26-20(14-5-3-6-16(25)11-14)19-21(27)17-12-15(24)7-8-18(17)30-22(19)23(26)28/h3,5-8,11-13,20H,4,9-10H2,1-2H3/t20-/m1/s1. The van der Waals surface area contributed by atoms with E-state index in [2.05, 4.69) is 15.9 Å². The molecular weight excluding hydrogens is 470 g/mol. The highest BCUT2D eigenvalue weighted by molar-refractivity contribution is 9.10. The molecule has 30 heavy (non-hydrogen) atoms. The number of benzene rings is 2. The zero-order valence-corrected chi connectivity index (χ0v) is 19.0. The first-order valence-corrected chi connectivity index (χ1v) is 11.0. The van der Waals surface area contributed by atoms with Crippen LogP contribution in [0.15, 0.2) is 56.1 Å². The summed E-state index contributed by atoms with van der Waals surface area (Å²) in [5.74, 6) is -0.189. The number of halogens is 2. The van der Waals surface area contributed by atoms with Gasteiger partial charge in [0, 0.05) is 22.6 Å². The number of ether oxygens (including phenoxy) is 1. The number of hydrogen-bond donors (Lipinski definition) is 0. The lowest BCUT2D eigenvalue weighted by molar-refractivity contribution is 0.0593. The zero-order valence-electron chi connectivity index (χ0n) is 16.7. The van der Waals surface area contributed by atoms with Gasteiger partial charge in [0.05, 0.1) is 23.1 Å². The first kappa shape index (κ1) is 21.1. The summed E-state index contributed by atoms with van der Waals surface area (Å²) in [5.41, 5.74) is 1.33. The first-order valence-electron chi connectivity index (χ1n) is 9.81. The number of rotatable bonds is 6. The van der Waals surface area contributed by atoms with Gasteiger partial charge in [-0.1, -0.05) is 39.7 Å². The molecule has 1 aromatic heterocycles. The van der Waals surface area contributed by atoms with Crippen LogP contribution in [0.2, 0.25) is 5.02 Å². The third-order valence-electron chi connectivity index (χ3n) is 5.09. The molecule has 2 heterocycles. The van der Waals surface area contributed by atoms with Gasteiger partial charge in [0.2, 0.25) is 5.76 Å². The molecule has 0 saturated heterocycles. The molecule has 0 N–H and O–H groups in total. The maximum Gasteiger partial charge on any atom is 0.290 e. The van der Waals surface area contributed by atoms with Gasteiger partial charge in [-0.15, -0.1) is 0 Å². The molecule has 1 amide bonds. The van der Waals surface area contributed by atoms with E-state index in [1.54, 1.807) is 35.2 Å². The third kappa shape index (κ3) is 3.92. The van der Waals surface area contributed by atoms with Gasteiger partial charge in [-0.3, -0.25) is 9.59 Å². The number of amides is 1. The van der Waals surface area contributed by atoms with Crippen molar-refractivity contribution in [2.45, 2.75) is 32.4 Å². The van der Waals surface area contributed by atoms with Gasteiger partial charge < -0.3 is 14.1 Å². The summed E-state index contributed by atoms with van der Waals surface area (Å²) in [6, 6.07) is 11.9. The topological polar surface area (TPSA) is 59.8 Å². The Balaban J connectivity index is 1.83. The summed E-state index contributed by atoms with van der Waals surface area (Å²) in [7, 11) is 0. The Morgan fingerprint density at radius 3 is 2.73 bits per heavy atom. The van der Waals surface area contributed by atoms with Crippen LogP contribution in [0.4, 0.5) is 0 Å². The average Bonchev–Trinajstić information content (AvgIpc) is 2.98. The minimum absolute atomic E-state index is 0.101. The summed E-state index contributed by atoms with van der Waals surface area (Å²) < 4.78 is 12.3. The molecule has 0 saturated carbocycles. The van der Waals surface area contributed by atoms with E-state index < -0.39 is 6.04 Å². The van der Waals surface area contributed by atoms with Crippen molar-refractivity contribution in [1.29, 1.82) is 0 Å². The second kappa shape index (κ2) is 8.53. The van der Waals surface area contributed by atoms with E-state index in [1.807, 2.05) is 26.0 Å². The fourth-order valence-electron chi connectivity index (χ4n) is 3.80. The summed E-state index contributed by atoms with van der Waals surface area (Å²) in [4.78, 5) is 28.4. The maximum atomic E-state index is 13.4. The predicted molar refractivity (Wildman–Crippen MR) is 120 cm³/mol. The lowest BCUT2D eigenvalue weighted by Gasteiger charge is -2.25. The summed E-state index contributed by atoms with van der Waals surface area (Å²) >= 11 is 9.63. The van der Waals surface area contributed by atoms with E-state index in [9.17, 15) is 9.59 Å². The Morgan fingerprint density at radius 1 is 1.20 bits per heavy atom. The summed E-state index contributed by atoms with van der Waals surface area (Å²) in [6.07, 6.45) is 0.765. The van der Waals surface area contributed by atoms with Crippen molar-refractivity contribution >= 4 is 44.4 Å². The highest BCUT2D eigenvalue weighted by Crippen LogP contribution is 2.39. The molecule has 0 fully saturated rings. The largest absolute Gasteiger partial charge is 0.450 e. The monoisotopic (exact) mass is 489 g/mol. The fraction of sp³-hybridized carbons (Fsp3) is 0.304. The molecule has 5 nitrogen and oxygen atoms in total.